The van der Waals surface area contributed by atoms with Gasteiger partial charge in [-0.2, -0.15) is 0 Å². The van der Waals surface area contributed by atoms with Crippen LogP contribution in [0.5, 0.6) is 11.5 Å². The van der Waals surface area contributed by atoms with Crippen LogP contribution >= 0.6 is 27.5 Å². The first kappa shape index (κ1) is 23.9. The van der Waals surface area contributed by atoms with Gasteiger partial charge in [0.25, 0.3) is 0 Å². The molecule has 2 amide bonds. The van der Waals surface area contributed by atoms with E-state index in [2.05, 4.69) is 26.7 Å². The van der Waals surface area contributed by atoms with Gasteiger partial charge in [0.15, 0.2) is 0 Å². The number of hydrogen-bond acceptors (Lipinski definition) is 3. The van der Waals surface area contributed by atoms with Crippen LogP contribution in [0.1, 0.15) is 11.1 Å². The molecule has 0 radical (unpaired) electrons. The molecule has 0 fully saturated rings. The molecule has 180 valence electrons. The van der Waals surface area contributed by atoms with Crippen molar-refractivity contribution >= 4 is 50.5 Å². The predicted molar refractivity (Wildman–Crippen MR) is 144 cm³/mol. The van der Waals surface area contributed by atoms with Crippen molar-refractivity contribution in [3.05, 3.63) is 124 Å². The first-order valence-electron chi connectivity index (χ1n) is 11.1. The van der Waals surface area contributed by atoms with Gasteiger partial charge in [-0.05, 0) is 83.9 Å². The molecule has 8 heteroatoms. The van der Waals surface area contributed by atoms with E-state index in [1.54, 1.807) is 48.5 Å². The molecule has 0 atom stereocenters. The van der Waals surface area contributed by atoms with Crippen molar-refractivity contribution < 1.29 is 13.9 Å². The highest BCUT2D eigenvalue weighted by Crippen LogP contribution is 2.31. The van der Waals surface area contributed by atoms with Crippen LogP contribution in [0.4, 0.5) is 14.9 Å². The Morgan fingerprint density at radius 2 is 1.44 bits per heavy atom. The summed E-state index contributed by atoms with van der Waals surface area (Å²) < 4.78 is 20.3. The third-order valence-corrected chi connectivity index (χ3v) is 6.37. The number of anilines is 1. The number of halogens is 3. The highest BCUT2D eigenvalue weighted by molar-refractivity contribution is 9.10. The zero-order chi connectivity index (χ0) is 25.1. The van der Waals surface area contributed by atoms with Gasteiger partial charge < -0.3 is 10.1 Å². The minimum absolute atomic E-state index is 0.292. The quantitative estimate of drug-likeness (QED) is 0.259. The van der Waals surface area contributed by atoms with Gasteiger partial charge in [-0.1, -0.05) is 51.8 Å². The van der Waals surface area contributed by atoms with E-state index in [0.29, 0.717) is 28.8 Å². The molecule has 5 nitrogen and oxygen atoms in total. The van der Waals surface area contributed by atoms with Crippen molar-refractivity contribution in [1.82, 2.24) is 10.4 Å². The van der Waals surface area contributed by atoms with Crippen LogP contribution in [-0.2, 0) is 0 Å². The monoisotopic (exact) mass is 563 g/mol. The summed E-state index contributed by atoms with van der Waals surface area (Å²) in [6.07, 6.45) is 0. The zero-order valence-corrected chi connectivity index (χ0v) is 21.2. The fourth-order valence-electron chi connectivity index (χ4n) is 3.78. The third kappa shape index (κ3) is 5.53. The largest absolute Gasteiger partial charge is 0.457 e. The molecular weight excluding hydrogens is 545 g/mol. The highest BCUT2D eigenvalue weighted by Gasteiger charge is 2.27. The molecule has 4 aromatic carbocycles. The standard InChI is InChI=1S/C28H20BrClFN3O2/c29-20-5-13-24(14-6-20)36-25-15-11-23(12-16-25)32-28(35)34-17-26(18-3-9-22(31)10-4-18)27(33-34)19-1-7-21(30)8-2-19/h1-16,33H,17H2,(H,32,35). The molecule has 36 heavy (non-hydrogen) atoms. The number of urea groups is 1. The van der Waals surface area contributed by atoms with E-state index < -0.39 is 0 Å². The van der Waals surface area contributed by atoms with E-state index in [-0.39, 0.29) is 11.8 Å². The normalized spacial score (nSPS) is 12.9. The van der Waals surface area contributed by atoms with E-state index >= 15 is 0 Å². The average molecular weight is 565 g/mol. The second-order valence-corrected chi connectivity index (χ2v) is 9.43. The molecule has 0 aliphatic carbocycles. The Morgan fingerprint density at radius 3 is 2.08 bits per heavy atom. The highest BCUT2D eigenvalue weighted by atomic mass is 79.9. The lowest BCUT2D eigenvalue weighted by molar-refractivity contribution is 0.210. The number of rotatable bonds is 5. The van der Waals surface area contributed by atoms with Gasteiger partial charge in [0.2, 0.25) is 0 Å². The van der Waals surface area contributed by atoms with Crippen LogP contribution in [0.15, 0.2) is 102 Å². The van der Waals surface area contributed by atoms with E-state index in [1.807, 2.05) is 36.4 Å². The zero-order valence-electron chi connectivity index (χ0n) is 18.8. The molecule has 2 N–H and O–H groups in total. The average Bonchev–Trinajstić information content (AvgIpc) is 3.33. The summed E-state index contributed by atoms with van der Waals surface area (Å²) in [6.45, 7) is 0.292. The summed E-state index contributed by atoms with van der Waals surface area (Å²) in [5.41, 5.74) is 7.12. The van der Waals surface area contributed by atoms with Gasteiger partial charge in [0.1, 0.15) is 17.3 Å². The third-order valence-electron chi connectivity index (χ3n) is 5.59. The molecule has 0 unspecified atom stereocenters. The Balaban J connectivity index is 1.30. The molecule has 1 aliphatic rings. The van der Waals surface area contributed by atoms with E-state index in [9.17, 15) is 9.18 Å². The molecule has 0 bridgehead atoms. The van der Waals surface area contributed by atoms with E-state index in [0.717, 1.165) is 26.9 Å². The van der Waals surface area contributed by atoms with Crippen LogP contribution in [0.25, 0.3) is 11.3 Å². The van der Waals surface area contributed by atoms with E-state index in [1.165, 1.54) is 17.1 Å². The fourth-order valence-corrected chi connectivity index (χ4v) is 4.17. The van der Waals surface area contributed by atoms with Gasteiger partial charge in [-0.15, -0.1) is 0 Å². The number of hydrazine groups is 1. The second-order valence-electron chi connectivity index (χ2n) is 8.08. The number of ether oxygens (including phenoxy) is 1. The van der Waals surface area contributed by atoms with Crippen LogP contribution in [0.2, 0.25) is 5.02 Å². The number of nitrogens with zero attached hydrogens (tertiary/aromatic N) is 1. The lowest BCUT2D eigenvalue weighted by Gasteiger charge is -2.19. The Morgan fingerprint density at radius 1 is 0.861 bits per heavy atom. The molecule has 1 aliphatic heterocycles. The van der Waals surface area contributed by atoms with Crippen molar-refractivity contribution in [3.63, 3.8) is 0 Å². The van der Waals surface area contributed by atoms with Gasteiger partial charge in [0, 0.05) is 20.8 Å². The minimum atomic E-state index is -0.333. The molecule has 0 aromatic heterocycles. The molecule has 0 saturated heterocycles. The Labute approximate surface area is 221 Å². The van der Waals surface area contributed by atoms with Crippen molar-refractivity contribution in [1.29, 1.82) is 0 Å². The van der Waals surface area contributed by atoms with Crippen LogP contribution in [0.3, 0.4) is 0 Å². The lowest BCUT2D eigenvalue weighted by atomic mass is 10.0. The maximum Gasteiger partial charge on any atom is 0.340 e. The summed E-state index contributed by atoms with van der Waals surface area (Å²) in [4.78, 5) is 13.1. The molecule has 1 heterocycles. The summed E-state index contributed by atoms with van der Waals surface area (Å²) in [7, 11) is 0. The number of benzene rings is 4. The maximum absolute atomic E-state index is 13.5. The number of carbonyl (C=O) groups is 1. The SMILES string of the molecule is O=C(Nc1ccc(Oc2ccc(Br)cc2)cc1)N1CC(c2ccc(F)cc2)=C(c2ccc(Cl)cc2)N1. The summed E-state index contributed by atoms with van der Waals surface area (Å²) in [6, 6.07) is 27.9. The van der Waals surface area contributed by atoms with Crippen molar-refractivity contribution in [2.75, 3.05) is 11.9 Å². The van der Waals surface area contributed by atoms with Gasteiger partial charge >= 0.3 is 6.03 Å². The number of carbonyl (C=O) groups excluding carboxylic acids is 1. The number of amides is 2. The minimum Gasteiger partial charge on any atom is -0.457 e. The lowest BCUT2D eigenvalue weighted by Crippen LogP contribution is -2.40. The van der Waals surface area contributed by atoms with E-state index in [4.69, 9.17) is 16.3 Å². The smallest absolute Gasteiger partial charge is 0.340 e. The second kappa shape index (κ2) is 10.4. The van der Waals surface area contributed by atoms with Gasteiger partial charge in [-0.25, -0.2) is 14.2 Å². The molecule has 0 spiro atoms. The van der Waals surface area contributed by atoms with Gasteiger partial charge in [-0.3, -0.25) is 5.43 Å². The molecule has 5 rings (SSSR count). The first-order valence-corrected chi connectivity index (χ1v) is 12.3. The van der Waals surface area contributed by atoms with Crippen LogP contribution in [-0.4, -0.2) is 17.6 Å². The first-order chi connectivity index (χ1) is 17.4. The number of nitrogens with one attached hydrogen (secondary N) is 2. The van der Waals surface area contributed by atoms with Crippen molar-refractivity contribution in [2.45, 2.75) is 0 Å². The maximum atomic E-state index is 13.5. The summed E-state index contributed by atoms with van der Waals surface area (Å²) >= 11 is 9.46. The van der Waals surface area contributed by atoms with Crippen LogP contribution in [0, 0.1) is 5.82 Å². The predicted octanol–water partition coefficient (Wildman–Crippen LogP) is 7.95. The Hall–Kier alpha value is -3.81. The van der Waals surface area contributed by atoms with Gasteiger partial charge in [0.05, 0.1) is 12.2 Å². The van der Waals surface area contributed by atoms with Crippen LogP contribution < -0.4 is 15.5 Å². The number of hydrogen-bond donors (Lipinski definition) is 2. The molecule has 0 saturated carbocycles. The van der Waals surface area contributed by atoms with Crippen molar-refractivity contribution in [2.24, 2.45) is 0 Å². The van der Waals surface area contributed by atoms with Crippen molar-refractivity contribution in [3.8, 4) is 11.5 Å². The molecular formula is C28H20BrClFN3O2. The Bertz CT molecular complexity index is 1350. The Kier molecular flexibility index (Phi) is 6.93. The molecule has 4 aromatic rings. The summed E-state index contributed by atoms with van der Waals surface area (Å²) in [5.74, 6) is 1.05. The summed E-state index contributed by atoms with van der Waals surface area (Å²) in [5, 5.41) is 4.99. The fraction of sp³-hybridized carbons (Fsp3) is 0.0357. The topological polar surface area (TPSA) is 53.6 Å².